The van der Waals surface area contributed by atoms with Crippen LogP contribution in [-0.4, -0.2) is 87.7 Å². The molecule has 0 bridgehead atoms. The summed E-state index contributed by atoms with van der Waals surface area (Å²) in [5.74, 6) is 0. The Labute approximate surface area is 117 Å². The van der Waals surface area contributed by atoms with Crippen LogP contribution >= 0.6 is 0 Å². The second-order valence-corrected chi connectivity index (χ2v) is 7.57. The van der Waals surface area contributed by atoms with Crippen molar-refractivity contribution in [3.63, 3.8) is 0 Å². The van der Waals surface area contributed by atoms with Gasteiger partial charge in [0.1, 0.15) is 0 Å². The molecule has 1 saturated heterocycles. The van der Waals surface area contributed by atoms with Crippen LogP contribution in [0.5, 0.6) is 0 Å². The summed E-state index contributed by atoms with van der Waals surface area (Å²) in [5, 5.41) is -0.430. The van der Waals surface area contributed by atoms with E-state index in [-0.39, 0.29) is 6.54 Å². The van der Waals surface area contributed by atoms with Crippen LogP contribution in [-0.2, 0) is 10.0 Å². The zero-order chi connectivity index (χ0) is 14.5. The molecule has 19 heavy (non-hydrogen) atoms. The van der Waals surface area contributed by atoms with Gasteiger partial charge in [0, 0.05) is 45.8 Å². The minimum Gasteiger partial charge on any atom is -0.329 e. The van der Waals surface area contributed by atoms with Gasteiger partial charge in [-0.25, -0.2) is 8.42 Å². The van der Waals surface area contributed by atoms with Crippen LogP contribution in [0.25, 0.3) is 0 Å². The first kappa shape index (κ1) is 16.8. The molecular formula is C12H28N4O2S. The number of sulfonamides is 1. The normalized spacial score (nSPS) is 20.9. The molecule has 114 valence electrons. The first-order chi connectivity index (χ1) is 8.91. The highest BCUT2D eigenvalue weighted by Crippen LogP contribution is 2.14. The van der Waals surface area contributed by atoms with Crippen molar-refractivity contribution in [2.45, 2.75) is 18.6 Å². The lowest BCUT2D eigenvalue weighted by atomic mass is 10.3. The lowest BCUT2D eigenvalue weighted by Gasteiger charge is -2.36. The van der Waals surface area contributed by atoms with Crippen molar-refractivity contribution in [1.82, 2.24) is 14.1 Å². The van der Waals surface area contributed by atoms with Gasteiger partial charge in [0.2, 0.25) is 10.0 Å². The summed E-state index contributed by atoms with van der Waals surface area (Å²) in [7, 11) is 0.891. The number of piperazine rings is 1. The lowest BCUT2D eigenvalue weighted by Crippen LogP contribution is -2.52. The van der Waals surface area contributed by atoms with E-state index in [0.717, 1.165) is 26.2 Å². The third-order valence-corrected chi connectivity index (χ3v) is 6.15. The number of likely N-dealkylation sites (N-methyl/N-ethyl adjacent to an activating group) is 1. The van der Waals surface area contributed by atoms with Gasteiger partial charge in [-0.05, 0) is 20.5 Å². The van der Waals surface area contributed by atoms with E-state index in [9.17, 15) is 8.42 Å². The third kappa shape index (κ3) is 4.68. The van der Waals surface area contributed by atoms with E-state index in [1.54, 1.807) is 4.31 Å². The van der Waals surface area contributed by atoms with E-state index in [1.165, 1.54) is 0 Å². The highest BCUT2D eigenvalue weighted by atomic mass is 32.2. The van der Waals surface area contributed by atoms with Gasteiger partial charge in [-0.1, -0.05) is 6.92 Å². The van der Waals surface area contributed by atoms with Crippen LogP contribution in [0, 0.1) is 0 Å². The van der Waals surface area contributed by atoms with Gasteiger partial charge in [0.05, 0.1) is 5.25 Å². The van der Waals surface area contributed by atoms with Gasteiger partial charge >= 0.3 is 0 Å². The molecule has 0 aromatic heterocycles. The van der Waals surface area contributed by atoms with Gasteiger partial charge in [-0.2, -0.15) is 4.31 Å². The molecule has 1 unspecified atom stereocenters. The van der Waals surface area contributed by atoms with Crippen molar-refractivity contribution >= 4 is 10.0 Å². The summed E-state index contributed by atoms with van der Waals surface area (Å²) in [5.41, 5.74) is 5.56. The van der Waals surface area contributed by atoms with Gasteiger partial charge in [-0.3, -0.25) is 4.90 Å². The molecule has 2 N–H and O–H groups in total. The minimum atomic E-state index is -3.21. The molecule has 1 atom stereocenters. The minimum absolute atomic E-state index is 0.208. The molecule has 1 heterocycles. The summed E-state index contributed by atoms with van der Waals surface area (Å²) in [6, 6.07) is 0. The molecule has 0 radical (unpaired) electrons. The van der Waals surface area contributed by atoms with Crippen molar-refractivity contribution in [3.8, 4) is 0 Å². The molecule has 1 aliphatic heterocycles. The van der Waals surface area contributed by atoms with E-state index in [2.05, 4.69) is 9.80 Å². The Morgan fingerprint density at radius 3 is 2.21 bits per heavy atom. The van der Waals surface area contributed by atoms with E-state index in [1.807, 2.05) is 21.0 Å². The summed E-state index contributed by atoms with van der Waals surface area (Å²) < 4.78 is 26.3. The van der Waals surface area contributed by atoms with Gasteiger partial charge in [-0.15, -0.1) is 0 Å². The summed E-state index contributed by atoms with van der Waals surface area (Å²) in [6.45, 7) is 6.89. The van der Waals surface area contributed by atoms with E-state index in [0.29, 0.717) is 19.5 Å². The molecule has 0 aromatic rings. The SMILES string of the molecule is CCC(CN)S(=O)(=O)N1CCN(CCN(C)C)CC1. The molecule has 6 nitrogen and oxygen atoms in total. The average molecular weight is 292 g/mol. The topological polar surface area (TPSA) is 69.9 Å². The number of nitrogens with zero attached hydrogens (tertiary/aromatic N) is 3. The van der Waals surface area contributed by atoms with Crippen LogP contribution in [0.4, 0.5) is 0 Å². The summed E-state index contributed by atoms with van der Waals surface area (Å²) in [6.07, 6.45) is 0.583. The van der Waals surface area contributed by atoms with E-state index < -0.39 is 15.3 Å². The predicted octanol–water partition coefficient (Wildman–Crippen LogP) is -0.767. The second kappa shape index (κ2) is 7.54. The molecule has 1 aliphatic rings. The van der Waals surface area contributed by atoms with Crippen LogP contribution in [0.3, 0.4) is 0 Å². The Bertz CT molecular complexity index is 347. The molecular weight excluding hydrogens is 264 g/mol. The lowest BCUT2D eigenvalue weighted by molar-refractivity contribution is 0.174. The maximum absolute atomic E-state index is 12.3. The van der Waals surface area contributed by atoms with Crippen LogP contribution in [0.2, 0.25) is 0 Å². The van der Waals surface area contributed by atoms with Crippen molar-refractivity contribution in [2.75, 3.05) is 59.9 Å². The summed E-state index contributed by atoms with van der Waals surface area (Å²) >= 11 is 0. The second-order valence-electron chi connectivity index (χ2n) is 5.35. The molecule has 0 aromatic carbocycles. The standard InChI is InChI=1S/C12H28N4O2S/c1-4-12(11-13)19(17,18)16-9-7-15(8-10-16)6-5-14(2)3/h12H,4-11,13H2,1-3H3. The Morgan fingerprint density at radius 1 is 1.21 bits per heavy atom. The number of hydrogen-bond donors (Lipinski definition) is 1. The Kier molecular flexibility index (Phi) is 6.68. The largest absolute Gasteiger partial charge is 0.329 e. The first-order valence-corrected chi connectivity index (χ1v) is 8.48. The number of nitrogens with two attached hydrogens (primary N) is 1. The smallest absolute Gasteiger partial charge is 0.218 e. The zero-order valence-electron chi connectivity index (χ0n) is 12.4. The Hall–Kier alpha value is -0.210. The van der Waals surface area contributed by atoms with Gasteiger partial charge in [0.15, 0.2) is 0 Å². The van der Waals surface area contributed by atoms with Crippen molar-refractivity contribution in [2.24, 2.45) is 5.73 Å². The highest BCUT2D eigenvalue weighted by Gasteiger charge is 2.32. The first-order valence-electron chi connectivity index (χ1n) is 6.98. The predicted molar refractivity (Wildman–Crippen MR) is 78.6 cm³/mol. The highest BCUT2D eigenvalue weighted by molar-refractivity contribution is 7.89. The summed E-state index contributed by atoms with van der Waals surface area (Å²) in [4.78, 5) is 4.46. The maximum atomic E-state index is 12.3. The van der Waals surface area contributed by atoms with Crippen molar-refractivity contribution in [3.05, 3.63) is 0 Å². The molecule has 0 aliphatic carbocycles. The third-order valence-electron chi connectivity index (χ3n) is 3.69. The zero-order valence-corrected chi connectivity index (χ0v) is 13.2. The van der Waals surface area contributed by atoms with Gasteiger partial charge < -0.3 is 10.6 Å². The van der Waals surface area contributed by atoms with Crippen LogP contribution in [0.15, 0.2) is 0 Å². The fourth-order valence-electron chi connectivity index (χ4n) is 2.26. The van der Waals surface area contributed by atoms with E-state index >= 15 is 0 Å². The molecule has 0 amide bonds. The molecule has 1 fully saturated rings. The van der Waals surface area contributed by atoms with Crippen LogP contribution in [0.1, 0.15) is 13.3 Å². The van der Waals surface area contributed by atoms with Crippen molar-refractivity contribution in [1.29, 1.82) is 0 Å². The average Bonchev–Trinajstić information content (AvgIpc) is 2.38. The van der Waals surface area contributed by atoms with Crippen molar-refractivity contribution < 1.29 is 8.42 Å². The number of hydrogen-bond acceptors (Lipinski definition) is 5. The van der Waals surface area contributed by atoms with Gasteiger partial charge in [0.25, 0.3) is 0 Å². The Morgan fingerprint density at radius 2 is 1.79 bits per heavy atom. The Balaban J connectivity index is 2.49. The number of rotatable bonds is 7. The maximum Gasteiger partial charge on any atom is 0.218 e. The monoisotopic (exact) mass is 292 g/mol. The molecule has 1 rings (SSSR count). The van der Waals surface area contributed by atoms with E-state index in [4.69, 9.17) is 5.73 Å². The molecule has 0 saturated carbocycles. The fraction of sp³-hybridized carbons (Fsp3) is 1.00. The fourth-order valence-corrected chi connectivity index (χ4v) is 4.02. The van der Waals surface area contributed by atoms with Crippen LogP contribution < -0.4 is 5.73 Å². The molecule has 0 spiro atoms. The quantitative estimate of drug-likeness (QED) is 0.667. The molecule has 7 heteroatoms.